The fourth-order valence-corrected chi connectivity index (χ4v) is 3.15. The lowest BCUT2D eigenvalue weighted by atomic mass is 9.91. The number of aryl methyl sites for hydroxylation is 1. The molecule has 1 aliphatic heterocycles. The first-order valence-corrected chi connectivity index (χ1v) is 7.66. The highest BCUT2D eigenvalue weighted by Crippen LogP contribution is 2.35. The zero-order valence-corrected chi connectivity index (χ0v) is 12.8. The van der Waals surface area contributed by atoms with Gasteiger partial charge >= 0.3 is 0 Å². The van der Waals surface area contributed by atoms with Gasteiger partial charge in [0.2, 0.25) is 0 Å². The molecule has 2 nitrogen and oxygen atoms in total. The average molecular weight is 303 g/mol. The van der Waals surface area contributed by atoms with E-state index >= 15 is 0 Å². The topological polar surface area (TPSA) is 29.5 Å². The SMILES string of the molecule is Cc1ccc(Cl)cc1C(O)CC1OCCc2ccccc21. The lowest BCUT2D eigenvalue weighted by Gasteiger charge is -2.28. The molecule has 1 aliphatic rings. The van der Waals surface area contributed by atoms with Crippen LogP contribution < -0.4 is 0 Å². The van der Waals surface area contributed by atoms with Crippen molar-refractivity contribution in [3.05, 3.63) is 69.7 Å². The molecule has 2 aromatic carbocycles. The maximum atomic E-state index is 10.6. The van der Waals surface area contributed by atoms with Gasteiger partial charge in [0.15, 0.2) is 0 Å². The van der Waals surface area contributed by atoms with E-state index in [1.165, 1.54) is 11.1 Å². The Labute approximate surface area is 130 Å². The van der Waals surface area contributed by atoms with Crippen LogP contribution in [0.15, 0.2) is 42.5 Å². The summed E-state index contributed by atoms with van der Waals surface area (Å²) in [5, 5.41) is 11.2. The predicted octanol–water partition coefficient (Wildman–Crippen LogP) is 4.39. The number of rotatable bonds is 3. The highest BCUT2D eigenvalue weighted by molar-refractivity contribution is 6.30. The summed E-state index contributed by atoms with van der Waals surface area (Å²) >= 11 is 6.04. The Morgan fingerprint density at radius 3 is 2.95 bits per heavy atom. The van der Waals surface area contributed by atoms with Gasteiger partial charge in [-0.05, 0) is 47.7 Å². The summed E-state index contributed by atoms with van der Waals surface area (Å²) in [4.78, 5) is 0. The standard InChI is InChI=1S/C18H19ClO2/c1-12-6-7-14(19)10-16(12)17(20)11-18-15-5-3-2-4-13(15)8-9-21-18/h2-7,10,17-18,20H,8-9,11H2,1H3. The molecule has 0 saturated carbocycles. The van der Waals surface area contributed by atoms with Crippen LogP contribution in [0, 0.1) is 6.92 Å². The number of aliphatic hydroxyl groups excluding tert-OH is 1. The fourth-order valence-electron chi connectivity index (χ4n) is 2.97. The van der Waals surface area contributed by atoms with E-state index < -0.39 is 6.10 Å². The Bertz CT molecular complexity index is 639. The zero-order valence-electron chi connectivity index (χ0n) is 12.1. The molecule has 2 unspecified atom stereocenters. The summed E-state index contributed by atoms with van der Waals surface area (Å²) in [7, 11) is 0. The predicted molar refractivity (Wildman–Crippen MR) is 84.6 cm³/mol. The van der Waals surface area contributed by atoms with Crippen molar-refractivity contribution in [3.63, 3.8) is 0 Å². The molecule has 0 spiro atoms. The molecule has 3 heteroatoms. The molecule has 2 aromatic rings. The van der Waals surface area contributed by atoms with Gasteiger partial charge in [-0.2, -0.15) is 0 Å². The van der Waals surface area contributed by atoms with E-state index in [1.54, 1.807) is 0 Å². The minimum Gasteiger partial charge on any atom is -0.388 e. The summed E-state index contributed by atoms with van der Waals surface area (Å²) in [5.41, 5.74) is 4.45. The Balaban J connectivity index is 1.82. The molecule has 1 heterocycles. The van der Waals surface area contributed by atoms with E-state index in [1.807, 2.05) is 31.2 Å². The van der Waals surface area contributed by atoms with Crippen LogP contribution in [0.1, 0.15) is 40.9 Å². The van der Waals surface area contributed by atoms with Gasteiger partial charge in [-0.15, -0.1) is 0 Å². The number of fused-ring (bicyclic) bond motifs is 1. The van der Waals surface area contributed by atoms with Gasteiger partial charge < -0.3 is 9.84 Å². The summed E-state index contributed by atoms with van der Waals surface area (Å²) < 4.78 is 5.87. The molecule has 0 fully saturated rings. The molecule has 0 bridgehead atoms. The first-order valence-electron chi connectivity index (χ1n) is 7.28. The molecule has 3 rings (SSSR count). The first-order chi connectivity index (χ1) is 10.1. The van der Waals surface area contributed by atoms with Crippen molar-refractivity contribution >= 4 is 11.6 Å². The second-order valence-electron chi connectivity index (χ2n) is 5.56. The lowest BCUT2D eigenvalue weighted by Crippen LogP contribution is -2.18. The van der Waals surface area contributed by atoms with E-state index in [-0.39, 0.29) is 6.10 Å². The van der Waals surface area contributed by atoms with E-state index in [9.17, 15) is 5.11 Å². The van der Waals surface area contributed by atoms with Crippen molar-refractivity contribution in [1.29, 1.82) is 0 Å². The monoisotopic (exact) mass is 302 g/mol. The van der Waals surface area contributed by atoms with Crippen LogP contribution in [0.4, 0.5) is 0 Å². The van der Waals surface area contributed by atoms with Gasteiger partial charge in [-0.25, -0.2) is 0 Å². The quantitative estimate of drug-likeness (QED) is 0.911. The largest absolute Gasteiger partial charge is 0.388 e. The maximum absolute atomic E-state index is 10.6. The summed E-state index contributed by atoms with van der Waals surface area (Å²) in [6.07, 6.45) is 0.875. The third-order valence-corrected chi connectivity index (χ3v) is 4.37. The van der Waals surface area contributed by atoms with Crippen molar-refractivity contribution in [2.75, 3.05) is 6.61 Å². The zero-order chi connectivity index (χ0) is 14.8. The second kappa shape index (κ2) is 6.18. The minimum atomic E-state index is -0.570. The Hall–Kier alpha value is -1.35. The minimum absolute atomic E-state index is 0.0525. The van der Waals surface area contributed by atoms with E-state index in [2.05, 4.69) is 18.2 Å². The van der Waals surface area contributed by atoms with Gasteiger partial charge in [0.25, 0.3) is 0 Å². The third-order valence-electron chi connectivity index (χ3n) is 4.13. The summed E-state index contributed by atoms with van der Waals surface area (Å²) in [6, 6.07) is 13.9. The van der Waals surface area contributed by atoms with Crippen LogP contribution in [0.25, 0.3) is 0 Å². The van der Waals surface area contributed by atoms with Crippen LogP contribution in [-0.4, -0.2) is 11.7 Å². The number of hydrogen-bond acceptors (Lipinski definition) is 2. The Morgan fingerprint density at radius 1 is 1.29 bits per heavy atom. The van der Waals surface area contributed by atoms with E-state index in [0.29, 0.717) is 18.1 Å². The number of halogens is 1. The third kappa shape index (κ3) is 3.13. The number of hydrogen-bond donors (Lipinski definition) is 1. The van der Waals surface area contributed by atoms with Gasteiger partial charge in [-0.1, -0.05) is 41.9 Å². The molecule has 2 atom stereocenters. The molecule has 1 N–H and O–H groups in total. The van der Waals surface area contributed by atoms with E-state index in [0.717, 1.165) is 17.5 Å². The molecule has 0 radical (unpaired) electrons. The van der Waals surface area contributed by atoms with Gasteiger partial charge in [0.1, 0.15) is 0 Å². The van der Waals surface area contributed by atoms with Gasteiger partial charge in [-0.3, -0.25) is 0 Å². The van der Waals surface area contributed by atoms with Crippen LogP contribution in [0.3, 0.4) is 0 Å². The number of ether oxygens (including phenoxy) is 1. The van der Waals surface area contributed by atoms with Crippen LogP contribution >= 0.6 is 11.6 Å². The Kier molecular flexibility index (Phi) is 4.29. The lowest BCUT2D eigenvalue weighted by molar-refractivity contribution is 0.00365. The molecule has 0 amide bonds. The van der Waals surface area contributed by atoms with Crippen molar-refractivity contribution in [1.82, 2.24) is 0 Å². The van der Waals surface area contributed by atoms with E-state index in [4.69, 9.17) is 16.3 Å². The average Bonchev–Trinajstić information content (AvgIpc) is 2.50. The highest BCUT2D eigenvalue weighted by Gasteiger charge is 2.24. The van der Waals surface area contributed by atoms with Crippen molar-refractivity contribution < 1.29 is 9.84 Å². The van der Waals surface area contributed by atoms with Crippen LogP contribution in [0.2, 0.25) is 5.02 Å². The van der Waals surface area contributed by atoms with Gasteiger partial charge in [0, 0.05) is 11.4 Å². The van der Waals surface area contributed by atoms with Crippen molar-refractivity contribution in [2.24, 2.45) is 0 Å². The maximum Gasteiger partial charge on any atom is 0.0855 e. The number of aliphatic hydroxyl groups is 1. The molecule has 0 saturated heterocycles. The van der Waals surface area contributed by atoms with Crippen LogP contribution in [0.5, 0.6) is 0 Å². The van der Waals surface area contributed by atoms with Crippen LogP contribution in [-0.2, 0) is 11.2 Å². The normalized spacial score (nSPS) is 19.1. The molecule has 110 valence electrons. The Morgan fingerprint density at radius 2 is 2.10 bits per heavy atom. The fraction of sp³-hybridized carbons (Fsp3) is 0.333. The van der Waals surface area contributed by atoms with Crippen molar-refractivity contribution in [2.45, 2.75) is 32.0 Å². The van der Waals surface area contributed by atoms with Crippen molar-refractivity contribution in [3.8, 4) is 0 Å². The molecule has 0 aromatic heterocycles. The second-order valence-corrected chi connectivity index (χ2v) is 6.00. The number of benzene rings is 2. The highest BCUT2D eigenvalue weighted by atomic mass is 35.5. The van der Waals surface area contributed by atoms with Gasteiger partial charge in [0.05, 0.1) is 18.8 Å². The molecule has 21 heavy (non-hydrogen) atoms. The smallest absolute Gasteiger partial charge is 0.0855 e. The summed E-state index contributed by atoms with van der Waals surface area (Å²) in [5.74, 6) is 0. The first kappa shape index (κ1) is 14.6. The molecular formula is C18H19ClO2. The molecule has 0 aliphatic carbocycles. The summed E-state index contributed by atoms with van der Waals surface area (Å²) in [6.45, 7) is 2.70. The molecular weight excluding hydrogens is 284 g/mol.